The number of ketones is 1. The lowest BCUT2D eigenvalue weighted by atomic mass is 10.1. The molecular formula is C22H20BrNO4. The second-order valence-corrected chi connectivity index (χ2v) is 7.25. The standard InChI is InChI=1S/C22H20BrNO4/c1-14(25)16-5-9-19(10-6-16)27-15(2)22(26)24-13-20-11-12-21(28-20)17-3-7-18(23)8-4-17/h3-12,15H,13H2,1-2H3,(H,24,26)/t15-/m0/s1. The van der Waals surface area contributed by atoms with Crippen molar-refractivity contribution in [3.63, 3.8) is 0 Å². The summed E-state index contributed by atoms with van der Waals surface area (Å²) in [6, 6.07) is 18.2. The van der Waals surface area contributed by atoms with E-state index in [0.29, 0.717) is 17.1 Å². The Morgan fingerprint density at radius 1 is 1.04 bits per heavy atom. The van der Waals surface area contributed by atoms with Gasteiger partial charge in [-0.3, -0.25) is 9.59 Å². The van der Waals surface area contributed by atoms with Crippen molar-refractivity contribution in [2.75, 3.05) is 0 Å². The minimum absolute atomic E-state index is 0.0155. The smallest absolute Gasteiger partial charge is 0.261 e. The lowest BCUT2D eigenvalue weighted by molar-refractivity contribution is -0.127. The van der Waals surface area contributed by atoms with Crippen LogP contribution in [0.1, 0.15) is 30.0 Å². The molecule has 0 fully saturated rings. The maximum absolute atomic E-state index is 12.3. The second-order valence-electron chi connectivity index (χ2n) is 6.33. The number of ether oxygens (including phenoxy) is 1. The third kappa shape index (κ3) is 5.10. The van der Waals surface area contributed by atoms with Crippen LogP contribution in [0.3, 0.4) is 0 Å². The van der Waals surface area contributed by atoms with E-state index in [-0.39, 0.29) is 18.2 Å². The molecule has 1 atom stereocenters. The zero-order valence-corrected chi connectivity index (χ0v) is 17.2. The van der Waals surface area contributed by atoms with E-state index in [9.17, 15) is 9.59 Å². The van der Waals surface area contributed by atoms with Crippen molar-refractivity contribution in [3.05, 3.63) is 76.5 Å². The van der Waals surface area contributed by atoms with Gasteiger partial charge >= 0.3 is 0 Å². The quantitative estimate of drug-likeness (QED) is 0.524. The molecule has 0 aliphatic carbocycles. The van der Waals surface area contributed by atoms with Gasteiger partial charge in [-0.1, -0.05) is 28.1 Å². The first-order valence-corrected chi connectivity index (χ1v) is 9.61. The summed E-state index contributed by atoms with van der Waals surface area (Å²) in [5, 5.41) is 2.80. The predicted molar refractivity (Wildman–Crippen MR) is 110 cm³/mol. The number of rotatable bonds is 7. The molecule has 0 aliphatic heterocycles. The van der Waals surface area contributed by atoms with Gasteiger partial charge in [0.15, 0.2) is 11.9 Å². The molecule has 2 aromatic carbocycles. The van der Waals surface area contributed by atoms with Crippen molar-refractivity contribution in [1.29, 1.82) is 0 Å². The van der Waals surface area contributed by atoms with Crippen LogP contribution < -0.4 is 10.1 Å². The Bertz CT molecular complexity index is 961. The van der Waals surface area contributed by atoms with Crippen LogP contribution in [0.25, 0.3) is 11.3 Å². The Kier molecular flexibility index (Phi) is 6.31. The molecular weight excluding hydrogens is 422 g/mol. The summed E-state index contributed by atoms with van der Waals surface area (Å²) >= 11 is 3.41. The number of benzene rings is 2. The first-order valence-electron chi connectivity index (χ1n) is 8.82. The van der Waals surface area contributed by atoms with E-state index in [1.165, 1.54) is 6.92 Å². The van der Waals surface area contributed by atoms with Gasteiger partial charge in [0.1, 0.15) is 17.3 Å². The Balaban J connectivity index is 1.53. The number of hydrogen-bond donors (Lipinski definition) is 1. The predicted octanol–water partition coefficient (Wildman–Crippen LogP) is 5.00. The molecule has 1 N–H and O–H groups in total. The van der Waals surface area contributed by atoms with Crippen LogP contribution in [0, 0.1) is 0 Å². The number of carbonyl (C=O) groups excluding carboxylic acids is 2. The molecule has 0 spiro atoms. The minimum Gasteiger partial charge on any atom is -0.481 e. The van der Waals surface area contributed by atoms with E-state index in [1.807, 2.05) is 36.4 Å². The van der Waals surface area contributed by atoms with E-state index in [1.54, 1.807) is 31.2 Å². The molecule has 1 heterocycles. The lowest BCUT2D eigenvalue weighted by Gasteiger charge is -2.14. The van der Waals surface area contributed by atoms with Crippen LogP contribution >= 0.6 is 15.9 Å². The minimum atomic E-state index is -0.677. The fraction of sp³-hybridized carbons (Fsp3) is 0.182. The van der Waals surface area contributed by atoms with Crippen molar-refractivity contribution < 1.29 is 18.7 Å². The molecule has 0 radical (unpaired) electrons. The SMILES string of the molecule is CC(=O)c1ccc(O[C@@H](C)C(=O)NCc2ccc(-c3ccc(Br)cc3)o2)cc1. The number of nitrogens with one attached hydrogen (secondary N) is 1. The van der Waals surface area contributed by atoms with Crippen LogP contribution in [0.15, 0.2) is 69.6 Å². The average Bonchev–Trinajstić information content (AvgIpc) is 3.16. The fourth-order valence-electron chi connectivity index (χ4n) is 2.59. The van der Waals surface area contributed by atoms with E-state index in [2.05, 4.69) is 21.2 Å². The summed E-state index contributed by atoms with van der Waals surface area (Å²) in [6.07, 6.45) is -0.677. The summed E-state index contributed by atoms with van der Waals surface area (Å²) in [6.45, 7) is 3.44. The number of amides is 1. The van der Waals surface area contributed by atoms with E-state index < -0.39 is 6.10 Å². The van der Waals surface area contributed by atoms with Gasteiger partial charge in [-0.05, 0) is 62.4 Å². The zero-order chi connectivity index (χ0) is 20.1. The fourth-order valence-corrected chi connectivity index (χ4v) is 2.85. The molecule has 0 bridgehead atoms. The van der Waals surface area contributed by atoms with Crippen LogP contribution in [-0.2, 0) is 11.3 Å². The Morgan fingerprint density at radius 3 is 2.36 bits per heavy atom. The van der Waals surface area contributed by atoms with Gasteiger partial charge < -0.3 is 14.5 Å². The van der Waals surface area contributed by atoms with E-state index >= 15 is 0 Å². The first kappa shape index (κ1) is 19.9. The van der Waals surface area contributed by atoms with E-state index in [0.717, 1.165) is 15.8 Å². The molecule has 6 heteroatoms. The third-order valence-electron chi connectivity index (χ3n) is 4.17. The number of Topliss-reactive ketones (excluding diaryl/α,β-unsaturated/α-hetero) is 1. The monoisotopic (exact) mass is 441 g/mol. The molecule has 0 saturated heterocycles. The number of furan rings is 1. The maximum atomic E-state index is 12.3. The summed E-state index contributed by atoms with van der Waals surface area (Å²) < 4.78 is 12.4. The van der Waals surface area contributed by atoms with Crippen molar-refractivity contribution in [2.45, 2.75) is 26.5 Å². The number of carbonyl (C=O) groups is 2. The number of hydrogen-bond acceptors (Lipinski definition) is 4. The highest BCUT2D eigenvalue weighted by atomic mass is 79.9. The molecule has 3 rings (SSSR count). The molecule has 144 valence electrons. The van der Waals surface area contributed by atoms with Gasteiger partial charge in [-0.25, -0.2) is 0 Å². The third-order valence-corrected chi connectivity index (χ3v) is 4.70. The topological polar surface area (TPSA) is 68.5 Å². The lowest BCUT2D eigenvalue weighted by Crippen LogP contribution is -2.35. The van der Waals surface area contributed by atoms with Crippen molar-refractivity contribution in [2.24, 2.45) is 0 Å². The normalized spacial score (nSPS) is 11.7. The highest BCUT2D eigenvalue weighted by molar-refractivity contribution is 9.10. The zero-order valence-electron chi connectivity index (χ0n) is 15.6. The first-order chi connectivity index (χ1) is 13.4. The van der Waals surface area contributed by atoms with Gasteiger partial charge in [0, 0.05) is 15.6 Å². The number of halogens is 1. The highest BCUT2D eigenvalue weighted by Crippen LogP contribution is 2.24. The van der Waals surface area contributed by atoms with Crippen LogP contribution in [0.5, 0.6) is 5.75 Å². The molecule has 28 heavy (non-hydrogen) atoms. The van der Waals surface area contributed by atoms with Gasteiger partial charge in [-0.15, -0.1) is 0 Å². The summed E-state index contributed by atoms with van der Waals surface area (Å²) in [5.41, 5.74) is 1.57. The van der Waals surface area contributed by atoms with Crippen LogP contribution in [-0.4, -0.2) is 17.8 Å². The molecule has 1 aromatic heterocycles. The van der Waals surface area contributed by atoms with Crippen molar-refractivity contribution >= 4 is 27.6 Å². The maximum Gasteiger partial charge on any atom is 0.261 e. The van der Waals surface area contributed by atoms with E-state index in [4.69, 9.17) is 9.15 Å². The van der Waals surface area contributed by atoms with Gasteiger partial charge in [0.25, 0.3) is 5.91 Å². The molecule has 1 amide bonds. The van der Waals surface area contributed by atoms with Gasteiger partial charge in [0.05, 0.1) is 6.54 Å². The molecule has 0 aliphatic rings. The molecule has 3 aromatic rings. The molecule has 5 nitrogen and oxygen atoms in total. The van der Waals surface area contributed by atoms with Gasteiger partial charge in [-0.2, -0.15) is 0 Å². The van der Waals surface area contributed by atoms with Crippen molar-refractivity contribution in [3.8, 4) is 17.1 Å². The summed E-state index contributed by atoms with van der Waals surface area (Å²) in [4.78, 5) is 23.6. The summed E-state index contributed by atoms with van der Waals surface area (Å²) in [5.74, 6) is 1.66. The Labute approximate surface area is 171 Å². The van der Waals surface area contributed by atoms with Crippen LogP contribution in [0.2, 0.25) is 0 Å². The largest absolute Gasteiger partial charge is 0.481 e. The highest BCUT2D eigenvalue weighted by Gasteiger charge is 2.15. The Hall–Kier alpha value is -2.86. The Morgan fingerprint density at radius 2 is 1.71 bits per heavy atom. The average molecular weight is 442 g/mol. The molecule has 0 saturated carbocycles. The van der Waals surface area contributed by atoms with Crippen molar-refractivity contribution in [1.82, 2.24) is 5.32 Å². The van der Waals surface area contributed by atoms with Crippen LogP contribution in [0.4, 0.5) is 0 Å². The van der Waals surface area contributed by atoms with Gasteiger partial charge in [0.2, 0.25) is 0 Å². The summed E-state index contributed by atoms with van der Waals surface area (Å²) in [7, 11) is 0. The molecule has 0 unspecified atom stereocenters. The second kappa shape index (κ2) is 8.89.